The highest BCUT2D eigenvalue weighted by atomic mass is 16.5. The van der Waals surface area contributed by atoms with Crippen molar-refractivity contribution < 1.29 is 19.4 Å². The lowest BCUT2D eigenvalue weighted by molar-refractivity contribution is -0.116. The van der Waals surface area contributed by atoms with Crippen LogP contribution in [0.1, 0.15) is 29.8 Å². The lowest BCUT2D eigenvalue weighted by Gasteiger charge is -2.15. The van der Waals surface area contributed by atoms with Gasteiger partial charge in [0.05, 0.1) is 18.1 Å². The van der Waals surface area contributed by atoms with Crippen LogP contribution in [0.2, 0.25) is 0 Å². The Labute approximate surface area is 165 Å². The first-order valence-electron chi connectivity index (χ1n) is 9.17. The largest absolute Gasteiger partial charge is 0.511 e. The molecule has 0 unspecified atom stereocenters. The average Bonchev–Trinajstić information content (AvgIpc) is 2.73. The first-order chi connectivity index (χ1) is 14.0. The number of fused-ring (bicyclic) bond motifs is 1. The Morgan fingerprint density at radius 1 is 1.07 bits per heavy atom. The van der Waals surface area contributed by atoms with Crippen molar-refractivity contribution in [3.8, 4) is 11.4 Å². The molecule has 146 valence electrons. The minimum absolute atomic E-state index is 0.158. The highest BCUT2D eigenvalue weighted by Gasteiger charge is 2.31. The number of benzene rings is 2. The monoisotopic (exact) mass is 390 g/mol. The van der Waals surface area contributed by atoms with E-state index in [-0.39, 0.29) is 24.2 Å². The van der Waals surface area contributed by atoms with Gasteiger partial charge in [0.1, 0.15) is 17.1 Å². The molecule has 1 aliphatic rings. The maximum absolute atomic E-state index is 13.3. The second-order valence-corrected chi connectivity index (χ2v) is 6.72. The molecule has 0 saturated heterocycles. The van der Waals surface area contributed by atoms with Gasteiger partial charge in [0.2, 0.25) is 5.78 Å². The summed E-state index contributed by atoms with van der Waals surface area (Å²) in [6, 6.07) is 13.7. The lowest BCUT2D eigenvalue weighted by Crippen LogP contribution is -2.31. The minimum Gasteiger partial charge on any atom is -0.511 e. The minimum atomic E-state index is -0.842. The number of methoxy groups -OCH3 is 1. The SMILES string of the molecule is COc1ccc(-n2c(=O)c(C(=O)C3=C(O)CCCC3=O)nc3ccccc32)cc1. The summed E-state index contributed by atoms with van der Waals surface area (Å²) in [5.74, 6) is -0.967. The maximum Gasteiger partial charge on any atom is 0.285 e. The summed E-state index contributed by atoms with van der Waals surface area (Å²) in [5.41, 5.74) is 0.0879. The fraction of sp³-hybridized carbons (Fsp3) is 0.182. The first-order valence-corrected chi connectivity index (χ1v) is 9.17. The third-order valence-electron chi connectivity index (χ3n) is 4.92. The van der Waals surface area contributed by atoms with E-state index >= 15 is 0 Å². The molecule has 0 fully saturated rings. The summed E-state index contributed by atoms with van der Waals surface area (Å²) in [6.07, 6.45) is 0.862. The zero-order valence-electron chi connectivity index (χ0n) is 15.7. The molecule has 4 rings (SSSR count). The van der Waals surface area contributed by atoms with Crippen molar-refractivity contribution >= 4 is 22.6 Å². The van der Waals surface area contributed by atoms with Crippen LogP contribution in [0.3, 0.4) is 0 Å². The molecular formula is C22H18N2O5. The van der Waals surface area contributed by atoms with Gasteiger partial charge in [0.15, 0.2) is 11.5 Å². The van der Waals surface area contributed by atoms with E-state index in [2.05, 4.69) is 4.98 Å². The van der Waals surface area contributed by atoms with E-state index in [0.29, 0.717) is 28.9 Å². The summed E-state index contributed by atoms with van der Waals surface area (Å²) < 4.78 is 6.54. The van der Waals surface area contributed by atoms with Crippen LogP contribution >= 0.6 is 0 Å². The molecule has 1 heterocycles. The predicted octanol–water partition coefficient (Wildman–Crippen LogP) is 3.14. The lowest BCUT2D eigenvalue weighted by atomic mass is 9.92. The molecule has 7 nitrogen and oxygen atoms in total. The number of rotatable bonds is 4. The van der Waals surface area contributed by atoms with Crippen LogP contribution in [-0.4, -0.2) is 33.3 Å². The second kappa shape index (κ2) is 7.35. The molecule has 1 aliphatic carbocycles. The van der Waals surface area contributed by atoms with Gasteiger partial charge in [-0.15, -0.1) is 0 Å². The quantitative estimate of drug-likeness (QED) is 0.543. The molecule has 1 N–H and O–H groups in total. The van der Waals surface area contributed by atoms with Crippen molar-refractivity contribution in [2.45, 2.75) is 19.3 Å². The van der Waals surface area contributed by atoms with E-state index in [4.69, 9.17) is 4.74 Å². The number of carbonyl (C=O) groups excluding carboxylic acids is 2. The molecule has 0 bridgehead atoms. The van der Waals surface area contributed by atoms with Crippen LogP contribution in [0.15, 0.2) is 64.7 Å². The Hall–Kier alpha value is -3.74. The number of aromatic nitrogens is 2. The average molecular weight is 390 g/mol. The molecule has 0 spiro atoms. The van der Waals surface area contributed by atoms with Crippen LogP contribution in [-0.2, 0) is 4.79 Å². The van der Waals surface area contributed by atoms with Gasteiger partial charge in [0.25, 0.3) is 5.56 Å². The number of Topliss-reactive ketones (excluding diaryl/α,β-unsaturated/α-hetero) is 2. The molecule has 3 aromatic rings. The van der Waals surface area contributed by atoms with Crippen LogP contribution in [0.25, 0.3) is 16.7 Å². The molecule has 1 aromatic heterocycles. The number of para-hydroxylation sites is 2. The summed E-state index contributed by atoms with van der Waals surface area (Å²) in [6.45, 7) is 0. The van der Waals surface area contributed by atoms with Crippen molar-refractivity contribution in [3.63, 3.8) is 0 Å². The summed E-state index contributed by atoms with van der Waals surface area (Å²) in [5, 5.41) is 10.1. The van der Waals surface area contributed by atoms with Crippen molar-refractivity contribution in [2.24, 2.45) is 0 Å². The fourth-order valence-electron chi connectivity index (χ4n) is 3.47. The maximum atomic E-state index is 13.3. The van der Waals surface area contributed by atoms with Gasteiger partial charge in [0, 0.05) is 18.5 Å². The number of nitrogens with zero attached hydrogens (tertiary/aromatic N) is 2. The molecule has 29 heavy (non-hydrogen) atoms. The normalized spacial score (nSPS) is 14.3. The van der Waals surface area contributed by atoms with Crippen LogP contribution < -0.4 is 10.3 Å². The summed E-state index contributed by atoms with van der Waals surface area (Å²) in [7, 11) is 1.54. The van der Waals surface area contributed by atoms with Gasteiger partial charge in [-0.1, -0.05) is 12.1 Å². The second-order valence-electron chi connectivity index (χ2n) is 6.72. The van der Waals surface area contributed by atoms with Crippen molar-refractivity contribution in [1.82, 2.24) is 9.55 Å². The van der Waals surface area contributed by atoms with E-state index in [9.17, 15) is 19.5 Å². The van der Waals surface area contributed by atoms with Gasteiger partial charge in [-0.25, -0.2) is 4.98 Å². The summed E-state index contributed by atoms with van der Waals surface area (Å²) >= 11 is 0. The Morgan fingerprint density at radius 2 is 1.79 bits per heavy atom. The molecule has 0 saturated carbocycles. The van der Waals surface area contributed by atoms with Gasteiger partial charge in [-0.05, 0) is 42.8 Å². The summed E-state index contributed by atoms with van der Waals surface area (Å²) in [4.78, 5) is 42.8. The van der Waals surface area contributed by atoms with E-state index in [1.165, 1.54) is 4.57 Å². The number of aliphatic hydroxyl groups is 1. The third kappa shape index (κ3) is 3.20. The number of hydrogen-bond donors (Lipinski definition) is 1. The van der Waals surface area contributed by atoms with Gasteiger partial charge < -0.3 is 9.84 Å². The van der Waals surface area contributed by atoms with Crippen LogP contribution in [0.4, 0.5) is 0 Å². The van der Waals surface area contributed by atoms with E-state index in [1.54, 1.807) is 55.6 Å². The van der Waals surface area contributed by atoms with Crippen molar-refractivity contribution in [2.75, 3.05) is 7.11 Å². The number of ether oxygens (including phenoxy) is 1. The highest BCUT2D eigenvalue weighted by Crippen LogP contribution is 2.24. The molecule has 0 aliphatic heterocycles. The first kappa shape index (κ1) is 18.6. The fourth-order valence-corrected chi connectivity index (χ4v) is 3.47. The molecule has 2 aromatic carbocycles. The Balaban J connectivity index is 1.97. The highest BCUT2D eigenvalue weighted by molar-refractivity contribution is 6.26. The van der Waals surface area contributed by atoms with Gasteiger partial charge >= 0.3 is 0 Å². The number of ketones is 2. The van der Waals surface area contributed by atoms with Crippen molar-refractivity contribution in [3.05, 3.63) is 75.9 Å². The van der Waals surface area contributed by atoms with E-state index in [0.717, 1.165) is 0 Å². The number of allylic oxidation sites excluding steroid dienone is 2. The van der Waals surface area contributed by atoms with Gasteiger partial charge in [-0.3, -0.25) is 19.0 Å². The van der Waals surface area contributed by atoms with Crippen LogP contribution in [0.5, 0.6) is 5.75 Å². The number of hydrogen-bond acceptors (Lipinski definition) is 6. The van der Waals surface area contributed by atoms with Gasteiger partial charge in [-0.2, -0.15) is 0 Å². The number of aliphatic hydroxyl groups excluding tert-OH is 1. The Morgan fingerprint density at radius 3 is 2.48 bits per heavy atom. The standard InChI is InChI=1S/C22H18N2O5/c1-29-14-11-9-13(10-12-14)24-16-6-3-2-5-15(16)23-20(22(24)28)21(27)19-17(25)7-4-8-18(19)26/h2-3,5-6,9-12,25H,4,7-8H2,1H3. The van der Waals surface area contributed by atoms with Crippen molar-refractivity contribution in [1.29, 1.82) is 0 Å². The Kier molecular flexibility index (Phi) is 4.72. The molecule has 7 heteroatoms. The number of carbonyl (C=O) groups is 2. The molecular weight excluding hydrogens is 372 g/mol. The third-order valence-corrected chi connectivity index (χ3v) is 4.92. The molecule has 0 radical (unpaired) electrons. The topological polar surface area (TPSA) is 98.5 Å². The predicted molar refractivity (Wildman–Crippen MR) is 107 cm³/mol. The molecule has 0 atom stereocenters. The van der Waals surface area contributed by atoms with E-state index in [1.807, 2.05) is 0 Å². The molecule has 0 amide bonds. The smallest absolute Gasteiger partial charge is 0.285 e. The zero-order chi connectivity index (χ0) is 20.5. The Bertz CT molecular complexity index is 1220. The zero-order valence-corrected chi connectivity index (χ0v) is 15.7. The van der Waals surface area contributed by atoms with Crippen LogP contribution in [0, 0.1) is 0 Å². The van der Waals surface area contributed by atoms with E-state index < -0.39 is 22.8 Å².